The zero-order chi connectivity index (χ0) is 15.9. The fourth-order valence-corrected chi connectivity index (χ4v) is 1.49. The van der Waals surface area contributed by atoms with Crippen LogP contribution in [0.3, 0.4) is 0 Å². The van der Waals surface area contributed by atoms with Gasteiger partial charge in [-0.1, -0.05) is 6.07 Å². The molecule has 0 aliphatic carbocycles. The Labute approximate surface area is 144 Å². The highest BCUT2D eigenvalue weighted by atomic mass is 127. The van der Waals surface area contributed by atoms with Crippen LogP contribution in [0, 0.1) is 0 Å². The largest absolute Gasteiger partial charge is 0.468 e. The van der Waals surface area contributed by atoms with Crippen LogP contribution in [0.2, 0.25) is 0 Å². The van der Waals surface area contributed by atoms with Crippen LogP contribution in [0.5, 0.6) is 5.88 Å². The van der Waals surface area contributed by atoms with Crippen molar-refractivity contribution in [3.8, 4) is 5.88 Å². The first-order valence-electron chi connectivity index (χ1n) is 6.42. The third-order valence-electron chi connectivity index (χ3n) is 2.32. The summed E-state index contributed by atoms with van der Waals surface area (Å²) < 4.78 is 41.3. The number of hydrogen-bond donors (Lipinski definition) is 2. The molecule has 9 heteroatoms. The van der Waals surface area contributed by atoms with E-state index in [1.807, 2.05) is 13.8 Å². The molecule has 0 atom stereocenters. The molecule has 5 nitrogen and oxygen atoms in total. The Kier molecular flexibility index (Phi) is 9.14. The number of pyridine rings is 1. The molecular formula is C13H20F3IN4O. The maximum absolute atomic E-state index is 12.2. The van der Waals surface area contributed by atoms with Crippen LogP contribution in [-0.2, 0) is 6.54 Å². The summed E-state index contributed by atoms with van der Waals surface area (Å²) >= 11 is 0. The Hall–Kier alpha value is -1.26. The van der Waals surface area contributed by atoms with E-state index < -0.39 is 12.8 Å². The van der Waals surface area contributed by atoms with Crippen molar-refractivity contribution < 1.29 is 17.9 Å². The minimum atomic E-state index is -4.39. The number of aromatic nitrogens is 1. The molecule has 0 aliphatic heterocycles. The van der Waals surface area contributed by atoms with Gasteiger partial charge >= 0.3 is 6.18 Å². The van der Waals surface area contributed by atoms with Gasteiger partial charge in [0, 0.05) is 31.4 Å². The molecule has 0 aromatic carbocycles. The van der Waals surface area contributed by atoms with Gasteiger partial charge in [0.25, 0.3) is 0 Å². The van der Waals surface area contributed by atoms with E-state index in [9.17, 15) is 13.2 Å². The fraction of sp³-hybridized carbons (Fsp3) is 0.538. The third-order valence-corrected chi connectivity index (χ3v) is 2.32. The summed E-state index contributed by atoms with van der Waals surface area (Å²) in [6.07, 6.45) is -3.01. The van der Waals surface area contributed by atoms with Gasteiger partial charge in [0.2, 0.25) is 5.88 Å². The summed E-state index contributed by atoms with van der Waals surface area (Å²) in [5, 5.41) is 6.07. The number of nitrogens with one attached hydrogen (secondary N) is 2. The first-order valence-corrected chi connectivity index (χ1v) is 6.42. The van der Waals surface area contributed by atoms with Crippen molar-refractivity contribution in [1.82, 2.24) is 15.6 Å². The van der Waals surface area contributed by atoms with Gasteiger partial charge in [-0.15, -0.1) is 24.0 Å². The molecular weight excluding hydrogens is 412 g/mol. The van der Waals surface area contributed by atoms with Crippen molar-refractivity contribution >= 4 is 29.9 Å². The van der Waals surface area contributed by atoms with Gasteiger partial charge in [-0.3, -0.25) is 4.99 Å². The van der Waals surface area contributed by atoms with Crippen LogP contribution in [0.1, 0.15) is 19.4 Å². The molecule has 0 unspecified atom stereocenters. The van der Waals surface area contributed by atoms with Crippen molar-refractivity contribution in [2.24, 2.45) is 4.99 Å². The monoisotopic (exact) mass is 432 g/mol. The van der Waals surface area contributed by atoms with E-state index in [1.54, 1.807) is 19.2 Å². The summed E-state index contributed by atoms with van der Waals surface area (Å²) in [4.78, 5) is 7.84. The Balaban J connectivity index is 0.00000441. The Morgan fingerprint density at radius 3 is 2.64 bits per heavy atom. The minimum absolute atomic E-state index is 0. The smallest absolute Gasteiger partial charge is 0.422 e. The predicted octanol–water partition coefficient (Wildman–Crippen LogP) is 2.71. The Morgan fingerprint density at radius 2 is 2.09 bits per heavy atom. The average Bonchev–Trinajstić information content (AvgIpc) is 2.40. The second-order valence-electron chi connectivity index (χ2n) is 4.60. The SMILES string of the molecule is CN=C(NCc1cccnc1OCC(F)(F)F)NC(C)C.I. The van der Waals surface area contributed by atoms with Gasteiger partial charge in [-0.05, 0) is 19.9 Å². The molecule has 1 aromatic rings. The molecule has 2 N–H and O–H groups in total. The Bertz CT molecular complexity index is 481. The summed E-state index contributed by atoms with van der Waals surface area (Å²) in [6.45, 7) is 2.80. The van der Waals surface area contributed by atoms with Crippen molar-refractivity contribution in [2.75, 3.05) is 13.7 Å². The molecule has 1 aromatic heterocycles. The standard InChI is InChI=1S/C13H19F3N4O.HI/c1-9(2)20-12(17-3)19-7-10-5-4-6-18-11(10)21-8-13(14,15)16;/h4-6,9H,7-8H2,1-3H3,(H2,17,19,20);1H. The number of guanidine groups is 1. The Morgan fingerprint density at radius 1 is 1.41 bits per heavy atom. The van der Waals surface area contributed by atoms with Gasteiger partial charge in [0.05, 0.1) is 0 Å². The second kappa shape index (κ2) is 9.70. The lowest BCUT2D eigenvalue weighted by atomic mass is 10.2. The van der Waals surface area contributed by atoms with E-state index in [-0.39, 0.29) is 42.4 Å². The number of nitrogens with zero attached hydrogens (tertiary/aromatic N) is 2. The number of halogens is 4. The average molecular weight is 432 g/mol. The van der Waals surface area contributed by atoms with Crippen molar-refractivity contribution in [1.29, 1.82) is 0 Å². The van der Waals surface area contributed by atoms with Gasteiger partial charge in [0.1, 0.15) is 0 Å². The first kappa shape index (κ1) is 20.7. The number of rotatable bonds is 5. The molecule has 0 aliphatic rings. The van der Waals surface area contributed by atoms with Crippen LogP contribution in [0.25, 0.3) is 0 Å². The lowest BCUT2D eigenvalue weighted by molar-refractivity contribution is -0.154. The predicted molar refractivity (Wildman–Crippen MR) is 89.7 cm³/mol. The molecule has 1 heterocycles. The van der Waals surface area contributed by atoms with Gasteiger partial charge in [0.15, 0.2) is 12.6 Å². The van der Waals surface area contributed by atoms with E-state index in [1.165, 1.54) is 6.20 Å². The summed E-state index contributed by atoms with van der Waals surface area (Å²) in [5.74, 6) is 0.512. The van der Waals surface area contributed by atoms with Crippen LogP contribution >= 0.6 is 24.0 Å². The van der Waals surface area contributed by atoms with E-state index in [0.29, 0.717) is 11.5 Å². The molecule has 0 saturated heterocycles. The van der Waals surface area contributed by atoms with Crippen LogP contribution < -0.4 is 15.4 Å². The molecule has 126 valence electrons. The zero-order valence-corrected chi connectivity index (χ0v) is 14.9. The third kappa shape index (κ3) is 8.25. The van der Waals surface area contributed by atoms with E-state index >= 15 is 0 Å². The van der Waals surface area contributed by atoms with Crippen molar-refractivity contribution in [3.05, 3.63) is 23.9 Å². The second-order valence-corrected chi connectivity index (χ2v) is 4.60. The van der Waals surface area contributed by atoms with E-state index in [4.69, 9.17) is 4.74 Å². The summed E-state index contributed by atoms with van der Waals surface area (Å²) in [6, 6.07) is 3.47. The summed E-state index contributed by atoms with van der Waals surface area (Å²) in [5.41, 5.74) is 0.522. The number of ether oxygens (including phenoxy) is 1. The van der Waals surface area contributed by atoms with Gasteiger partial charge in [-0.2, -0.15) is 13.2 Å². The maximum atomic E-state index is 12.2. The van der Waals surface area contributed by atoms with Crippen LogP contribution in [-0.4, -0.2) is 36.8 Å². The van der Waals surface area contributed by atoms with Crippen molar-refractivity contribution in [3.63, 3.8) is 0 Å². The van der Waals surface area contributed by atoms with Crippen LogP contribution in [0.15, 0.2) is 23.3 Å². The van der Waals surface area contributed by atoms with Crippen LogP contribution in [0.4, 0.5) is 13.2 Å². The molecule has 1 rings (SSSR count). The molecule has 0 saturated carbocycles. The van der Waals surface area contributed by atoms with Crippen molar-refractivity contribution in [2.45, 2.75) is 32.6 Å². The zero-order valence-electron chi connectivity index (χ0n) is 12.6. The number of aliphatic imine (C=N–C) groups is 1. The highest BCUT2D eigenvalue weighted by molar-refractivity contribution is 14.0. The topological polar surface area (TPSA) is 58.5 Å². The quantitative estimate of drug-likeness (QED) is 0.427. The minimum Gasteiger partial charge on any atom is -0.468 e. The van der Waals surface area contributed by atoms with Gasteiger partial charge < -0.3 is 15.4 Å². The van der Waals surface area contributed by atoms with E-state index in [0.717, 1.165) is 0 Å². The first-order chi connectivity index (χ1) is 9.81. The molecule has 0 fully saturated rings. The molecule has 0 spiro atoms. The number of hydrogen-bond acceptors (Lipinski definition) is 3. The molecule has 0 radical (unpaired) electrons. The number of alkyl halides is 3. The molecule has 0 amide bonds. The normalized spacial score (nSPS) is 11.9. The molecule has 22 heavy (non-hydrogen) atoms. The fourth-order valence-electron chi connectivity index (χ4n) is 1.49. The van der Waals surface area contributed by atoms with Gasteiger partial charge in [-0.25, -0.2) is 4.98 Å². The lowest BCUT2D eigenvalue weighted by Gasteiger charge is -2.16. The maximum Gasteiger partial charge on any atom is 0.422 e. The highest BCUT2D eigenvalue weighted by Gasteiger charge is 2.29. The van der Waals surface area contributed by atoms with E-state index in [2.05, 4.69) is 20.6 Å². The lowest BCUT2D eigenvalue weighted by Crippen LogP contribution is -2.40. The summed E-state index contributed by atoms with van der Waals surface area (Å²) in [7, 11) is 1.61. The highest BCUT2D eigenvalue weighted by Crippen LogP contribution is 2.19. The molecule has 0 bridgehead atoms.